The zero-order valence-electron chi connectivity index (χ0n) is 12.6. The summed E-state index contributed by atoms with van der Waals surface area (Å²) in [7, 11) is 0. The van der Waals surface area contributed by atoms with Gasteiger partial charge in [-0.1, -0.05) is 27.7 Å². The summed E-state index contributed by atoms with van der Waals surface area (Å²) in [5.74, 6) is 2.16. The largest absolute Gasteiger partial charge is 0.446 e. The molecule has 0 aliphatic heterocycles. The van der Waals surface area contributed by atoms with Gasteiger partial charge < -0.3 is 9.73 Å². The Labute approximate surface area is 147 Å². The average Bonchev–Trinajstić information content (AvgIpc) is 2.83. The third-order valence-electron chi connectivity index (χ3n) is 2.90. The number of hydrogen-bond donors (Lipinski definition) is 1. The van der Waals surface area contributed by atoms with Crippen LogP contribution in [0.1, 0.15) is 39.8 Å². The van der Waals surface area contributed by atoms with Gasteiger partial charge in [0, 0.05) is 12.0 Å². The van der Waals surface area contributed by atoms with Gasteiger partial charge in [0.25, 0.3) is 0 Å². The molecule has 0 aliphatic rings. The van der Waals surface area contributed by atoms with Crippen molar-refractivity contribution in [2.45, 2.75) is 39.5 Å². The van der Waals surface area contributed by atoms with Gasteiger partial charge in [-0.3, -0.25) is 0 Å². The van der Waals surface area contributed by atoms with E-state index in [1.165, 1.54) is 0 Å². The Kier molecular flexibility index (Phi) is 5.29. The standard InChI is InChI=1S/C15H19BrIN3O/c1-5-8-18-14-11(17)12(15(2,3)4)19-13(20-14)9-6-7-10(16)21-9/h6-7H,5,8H2,1-4H3,(H,18,19,20). The second-order valence-corrected chi connectivity index (χ2v) is 7.70. The van der Waals surface area contributed by atoms with E-state index < -0.39 is 0 Å². The van der Waals surface area contributed by atoms with Gasteiger partial charge in [-0.15, -0.1) is 0 Å². The minimum Gasteiger partial charge on any atom is -0.446 e. The van der Waals surface area contributed by atoms with Crippen molar-refractivity contribution in [2.24, 2.45) is 0 Å². The Balaban J connectivity index is 2.55. The highest BCUT2D eigenvalue weighted by Gasteiger charge is 2.24. The van der Waals surface area contributed by atoms with Crippen LogP contribution in [-0.4, -0.2) is 16.5 Å². The zero-order chi connectivity index (χ0) is 15.6. The van der Waals surface area contributed by atoms with Crippen LogP contribution in [0.5, 0.6) is 0 Å². The molecule has 114 valence electrons. The fourth-order valence-corrected chi connectivity index (χ4v) is 3.40. The minimum absolute atomic E-state index is 0.0549. The Morgan fingerprint density at radius 2 is 2.00 bits per heavy atom. The summed E-state index contributed by atoms with van der Waals surface area (Å²) >= 11 is 5.64. The van der Waals surface area contributed by atoms with Crippen LogP contribution in [0.15, 0.2) is 21.2 Å². The summed E-state index contributed by atoms with van der Waals surface area (Å²) in [5.41, 5.74) is 0.972. The fraction of sp³-hybridized carbons (Fsp3) is 0.467. The molecule has 0 bridgehead atoms. The van der Waals surface area contributed by atoms with E-state index in [-0.39, 0.29) is 5.41 Å². The highest BCUT2D eigenvalue weighted by atomic mass is 127. The molecule has 0 amide bonds. The van der Waals surface area contributed by atoms with Gasteiger partial charge in [-0.25, -0.2) is 9.97 Å². The first kappa shape index (κ1) is 16.7. The van der Waals surface area contributed by atoms with E-state index in [1.54, 1.807) is 0 Å². The quantitative estimate of drug-likeness (QED) is 0.631. The van der Waals surface area contributed by atoms with Crippen LogP contribution in [0.3, 0.4) is 0 Å². The number of aromatic nitrogens is 2. The molecule has 6 heteroatoms. The number of anilines is 1. The van der Waals surface area contributed by atoms with E-state index in [2.05, 4.69) is 76.5 Å². The monoisotopic (exact) mass is 463 g/mol. The van der Waals surface area contributed by atoms with Crippen LogP contribution in [0.2, 0.25) is 0 Å². The summed E-state index contributed by atoms with van der Waals surface area (Å²) in [6, 6.07) is 3.73. The topological polar surface area (TPSA) is 51.0 Å². The van der Waals surface area contributed by atoms with Crippen LogP contribution in [0, 0.1) is 3.57 Å². The molecule has 2 aromatic rings. The molecule has 0 aliphatic carbocycles. The summed E-state index contributed by atoms with van der Waals surface area (Å²) in [4.78, 5) is 9.35. The highest BCUT2D eigenvalue weighted by Crippen LogP contribution is 2.32. The molecule has 0 saturated carbocycles. The second-order valence-electron chi connectivity index (χ2n) is 5.84. The van der Waals surface area contributed by atoms with Crippen molar-refractivity contribution in [2.75, 3.05) is 11.9 Å². The molecule has 2 rings (SSSR count). The molecule has 1 N–H and O–H groups in total. The van der Waals surface area contributed by atoms with Crippen LogP contribution in [-0.2, 0) is 5.41 Å². The molecule has 4 nitrogen and oxygen atoms in total. The maximum atomic E-state index is 5.60. The van der Waals surface area contributed by atoms with Gasteiger partial charge in [-0.2, -0.15) is 0 Å². The van der Waals surface area contributed by atoms with E-state index in [0.717, 1.165) is 28.0 Å². The molecule has 0 unspecified atom stereocenters. The van der Waals surface area contributed by atoms with Gasteiger partial charge in [0.2, 0.25) is 0 Å². The van der Waals surface area contributed by atoms with Gasteiger partial charge >= 0.3 is 0 Å². The minimum atomic E-state index is -0.0549. The van der Waals surface area contributed by atoms with E-state index in [0.29, 0.717) is 16.3 Å². The molecular weight excluding hydrogens is 445 g/mol. The third-order valence-corrected chi connectivity index (χ3v) is 4.35. The highest BCUT2D eigenvalue weighted by molar-refractivity contribution is 14.1. The smallest absolute Gasteiger partial charge is 0.198 e. The molecule has 0 aromatic carbocycles. The maximum absolute atomic E-state index is 5.60. The zero-order valence-corrected chi connectivity index (χ0v) is 16.4. The van der Waals surface area contributed by atoms with Gasteiger partial charge in [0.05, 0.1) is 9.26 Å². The average molecular weight is 464 g/mol. The Morgan fingerprint density at radius 3 is 2.52 bits per heavy atom. The van der Waals surface area contributed by atoms with E-state index in [1.807, 2.05) is 12.1 Å². The van der Waals surface area contributed by atoms with Crippen molar-refractivity contribution < 1.29 is 4.42 Å². The van der Waals surface area contributed by atoms with Crippen LogP contribution in [0.4, 0.5) is 5.82 Å². The van der Waals surface area contributed by atoms with Crippen molar-refractivity contribution in [3.63, 3.8) is 0 Å². The molecule has 0 radical (unpaired) electrons. The molecule has 0 saturated heterocycles. The van der Waals surface area contributed by atoms with Gasteiger partial charge in [0.15, 0.2) is 16.3 Å². The molecule has 2 heterocycles. The molecule has 2 aromatic heterocycles. The van der Waals surface area contributed by atoms with Gasteiger partial charge in [0.1, 0.15) is 5.82 Å². The number of nitrogens with zero attached hydrogens (tertiary/aromatic N) is 2. The molecule has 0 spiro atoms. The van der Waals surface area contributed by atoms with E-state index >= 15 is 0 Å². The molecule has 0 atom stereocenters. The third kappa shape index (κ3) is 3.97. The normalized spacial score (nSPS) is 11.7. The summed E-state index contributed by atoms with van der Waals surface area (Å²) < 4.78 is 7.35. The second kappa shape index (κ2) is 6.64. The van der Waals surface area contributed by atoms with Crippen LogP contribution < -0.4 is 5.32 Å². The van der Waals surface area contributed by atoms with Gasteiger partial charge in [-0.05, 0) is 57.1 Å². The number of hydrogen-bond acceptors (Lipinski definition) is 4. The van der Waals surface area contributed by atoms with E-state index in [9.17, 15) is 0 Å². The van der Waals surface area contributed by atoms with Crippen molar-refractivity contribution in [1.29, 1.82) is 0 Å². The Bertz CT molecular complexity index is 634. The van der Waals surface area contributed by atoms with Crippen molar-refractivity contribution in [1.82, 2.24) is 9.97 Å². The number of halogens is 2. The predicted octanol–water partition coefficient (Wildman–Crippen LogP) is 5.22. The lowest BCUT2D eigenvalue weighted by atomic mass is 9.92. The number of nitrogens with one attached hydrogen (secondary N) is 1. The fourth-order valence-electron chi connectivity index (χ4n) is 1.85. The lowest BCUT2D eigenvalue weighted by molar-refractivity contribution is 0.542. The summed E-state index contributed by atoms with van der Waals surface area (Å²) in [6.45, 7) is 9.49. The van der Waals surface area contributed by atoms with E-state index in [4.69, 9.17) is 9.40 Å². The molecule has 21 heavy (non-hydrogen) atoms. The van der Waals surface area contributed by atoms with Crippen molar-refractivity contribution in [3.05, 3.63) is 26.1 Å². The number of furan rings is 1. The first-order valence-electron chi connectivity index (χ1n) is 6.90. The molecule has 0 fully saturated rings. The van der Waals surface area contributed by atoms with Crippen molar-refractivity contribution >= 4 is 44.3 Å². The number of rotatable bonds is 4. The van der Waals surface area contributed by atoms with Crippen molar-refractivity contribution in [3.8, 4) is 11.6 Å². The summed E-state index contributed by atoms with van der Waals surface area (Å²) in [6.07, 6.45) is 1.05. The first-order chi connectivity index (χ1) is 9.82. The summed E-state index contributed by atoms with van der Waals surface area (Å²) in [5, 5.41) is 3.38. The molecular formula is C15H19BrIN3O. The predicted molar refractivity (Wildman–Crippen MR) is 97.6 cm³/mol. The van der Waals surface area contributed by atoms with Crippen LogP contribution >= 0.6 is 38.5 Å². The first-order valence-corrected chi connectivity index (χ1v) is 8.77. The maximum Gasteiger partial charge on any atom is 0.198 e. The lowest BCUT2D eigenvalue weighted by Crippen LogP contribution is -2.19. The lowest BCUT2D eigenvalue weighted by Gasteiger charge is -2.21. The Morgan fingerprint density at radius 1 is 1.29 bits per heavy atom. The SMILES string of the molecule is CCCNc1nc(-c2ccc(Br)o2)nc(C(C)(C)C)c1I. The Hall–Kier alpha value is -0.630. The van der Waals surface area contributed by atoms with Crippen LogP contribution in [0.25, 0.3) is 11.6 Å².